The Bertz CT molecular complexity index is 958. The van der Waals surface area contributed by atoms with E-state index in [1.54, 1.807) is 13.2 Å². The number of aryl methyl sites for hydroxylation is 1. The molecule has 1 aliphatic rings. The standard InChI is InChI=1S/C20H27N3O3.C7H12O2/c1-13(2)16-8-6-7-9-17(16)22-20(24)23-18-11-10-14(3)21-19(18)26-15(4)12-25-5;8-7(9)6-4-2-1-3-5-6/h6-11,13,15H,12H2,1-5H3,(H2,22,23,24);6H,1-5H2,(H,8,9). The highest BCUT2D eigenvalue weighted by molar-refractivity contribution is 6.01. The lowest BCUT2D eigenvalue weighted by atomic mass is 9.90. The minimum absolute atomic E-state index is 0.0289. The van der Waals surface area contributed by atoms with E-state index in [0.29, 0.717) is 24.1 Å². The molecule has 8 nitrogen and oxygen atoms in total. The first-order valence-electron chi connectivity index (χ1n) is 12.2. The third kappa shape index (κ3) is 9.56. The van der Waals surface area contributed by atoms with Crippen molar-refractivity contribution in [2.24, 2.45) is 5.92 Å². The predicted octanol–water partition coefficient (Wildman–Crippen LogP) is 6.22. The number of aromatic nitrogens is 1. The van der Waals surface area contributed by atoms with Crippen molar-refractivity contribution in [1.29, 1.82) is 0 Å². The van der Waals surface area contributed by atoms with Gasteiger partial charge in [-0.1, -0.05) is 51.3 Å². The molecule has 0 radical (unpaired) electrons. The van der Waals surface area contributed by atoms with Crippen LogP contribution < -0.4 is 15.4 Å². The maximum absolute atomic E-state index is 12.5. The highest BCUT2D eigenvalue weighted by Gasteiger charge is 2.19. The Morgan fingerprint density at radius 1 is 1.03 bits per heavy atom. The van der Waals surface area contributed by atoms with Crippen LogP contribution >= 0.6 is 0 Å². The molecule has 3 N–H and O–H groups in total. The molecular formula is C27H39N3O5. The molecule has 192 valence electrons. The smallest absolute Gasteiger partial charge is 0.323 e. The number of aliphatic carboxylic acids is 1. The summed E-state index contributed by atoms with van der Waals surface area (Å²) in [4.78, 5) is 27.2. The van der Waals surface area contributed by atoms with Crippen LogP contribution in [0.1, 0.15) is 70.1 Å². The maximum atomic E-state index is 12.5. The molecule has 2 aromatic rings. The van der Waals surface area contributed by atoms with Gasteiger partial charge in [-0.15, -0.1) is 0 Å². The number of rotatable bonds is 8. The van der Waals surface area contributed by atoms with E-state index in [4.69, 9.17) is 14.6 Å². The number of amides is 2. The molecule has 1 aliphatic carbocycles. The Labute approximate surface area is 208 Å². The summed E-state index contributed by atoms with van der Waals surface area (Å²) < 4.78 is 10.9. The number of carbonyl (C=O) groups excluding carboxylic acids is 1. The van der Waals surface area contributed by atoms with Crippen LogP contribution in [-0.4, -0.2) is 41.9 Å². The van der Waals surface area contributed by atoms with Gasteiger partial charge in [0, 0.05) is 18.5 Å². The topological polar surface area (TPSA) is 110 Å². The van der Waals surface area contributed by atoms with Crippen molar-refractivity contribution >= 4 is 23.4 Å². The van der Waals surface area contributed by atoms with Crippen molar-refractivity contribution in [2.45, 2.75) is 71.8 Å². The number of nitrogens with zero attached hydrogens (tertiary/aromatic N) is 1. The molecule has 1 atom stereocenters. The van der Waals surface area contributed by atoms with Gasteiger partial charge in [0.05, 0.1) is 12.5 Å². The average molecular weight is 486 g/mol. The number of methoxy groups -OCH3 is 1. The molecule has 0 aliphatic heterocycles. The van der Waals surface area contributed by atoms with E-state index in [1.165, 1.54) is 6.42 Å². The molecule has 3 rings (SSSR count). The van der Waals surface area contributed by atoms with E-state index < -0.39 is 5.97 Å². The third-order valence-corrected chi connectivity index (χ3v) is 5.75. The molecule has 1 unspecified atom stereocenters. The van der Waals surface area contributed by atoms with Crippen LogP contribution in [-0.2, 0) is 9.53 Å². The number of carbonyl (C=O) groups is 2. The lowest BCUT2D eigenvalue weighted by molar-refractivity contribution is -0.142. The van der Waals surface area contributed by atoms with E-state index in [1.807, 2.05) is 44.2 Å². The van der Waals surface area contributed by atoms with Gasteiger partial charge in [0.25, 0.3) is 0 Å². The van der Waals surface area contributed by atoms with Crippen LogP contribution in [0.25, 0.3) is 0 Å². The maximum Gasteiger partial charge on any atom is 0.323 e. The number of nitrogens with one attached hydrogen (secondary N) is 2. The summed E-state index contributed by atoms with van der Waals surface area (Å²) in [6.45, 7) is 8.37. The number of pyridine rings is 1. The van der Waals surface area contributed by atoms with Crippen molar-refractivity contribution in [1.82, 2.24) is 4.98 Å². The second-order valence-electron chi connectivity index (χ2n) is 9.18. The molecule has 1 saturated carbocycles. The number of hydrogen-bond donors (Lipinski definition) is 3. The van der Waals surface area contributed by atoms with Gasteiger partial charge >= 0.3 is 12.0 Å². The Morgan fingerprint density at radius 3 is 2.29 bits per heavy atom. The van der Waals surface area contributed by atoms with Gasteiger partial charge in [-0.3, -0.25) is 4.79 Å². The largest absolute Gasteiger partial charge is 0.481 e. The Balaban J connectivity index is 0.000000402. The van der Waals surface area contributed by atoms with E-state index >= 15 is 0 Å². The minimum Gasteiger partial charge on any atom is -0.481 e. The van der Waals surface area contributed by atoms with Crippen LogP contribution in [0.4, 0.5) is 16.2 Å². The molecule has 2 amide bonds. The molecule has 1 aromatic carbocycles. The zero-order valence-corrected chi connectivity index (χ0v) is 21.5. The highest BCUT2D eigenvalue weighted by Crippen LogP contribution is 2.26. The molecule has 0 spiro atoms. The fraction of sp³-hybridized carbons (Fsp3) is 0.519. The van der Waals surface area contributed by atoms with Gasteiger partial charge in [0.15, 0.2) is 0 Å². The Hall–Kier alpha value is -3.13. The zero-order chi connectivity index (χ0) is 25.8. The summed E-state index contributed by atoms with van der Waals surface area (Å²) in [6, 6.07) is 11.0. The van der Waals surface area contributed by atoms with Crippen LogP contribution in [0.15, 0.2) is 36.4 Å². The lowest BCUT2D eigenvalue weighted by Gasteiger charge is -2.18. The number of ether oxygens (including phenoxy) is 2. The highest BCUT2D eigenvalue weighted by atomic mass is 16.5. The van der Waals surface area contributed by atoms with Gasteiger partial charge in [0.2, 0.25) is 5.88 Å². The zero-order valence-electron chi connectivity index (χ0n) is 21.5. The minimum atomic E-state index is -0.602. The number of carboxylic acids is 1. The molecule has 0 saturated heterocycles. The number of anilines is 2. The number of carboxylic acid groups (broad SMARTS) is 1. The van der Waals surface area contributed by atoms with E-state index in [2.05, 4.69) is 29.5 Å². The van der Waals surface area contributed by atoms with E-state index in [9.17, 15) is 9.59 Å². The SMILES string of the molecule is COCC(C)Oc1nc(C)ccc1NC(=O)Nc1ccccc1C(C)C.O=C(O)C1CCCCC1. The van der Waals surface area contributed by atoms with Crippen LogP contribution in [0.2, 0.25) is 0 Å². The van der Waals surface area contributed by atoms with Crippen molar-refractivity contribution < 1.29 is 24.2 Å². The Kier molecular flexibility index (Phi) is 11.5. The first-order valence-corrected chi connectivity index (χ1v) is 12.2. The number of benzene rings is 1. The van der Waals surface area contributed by atoms with E-state index in [-0.39, 0.29) is 18.1 Å². The van der Waals surface area contributed by atoms with E-state index in [0.717, 1.165) is 42.6 Å². The van der Waals surface area contributed by atoms with Crippen molar-refractivity contribution in [3.63, 3.8) is 0 Å². The molecule has 1 aromatic heterocycles. The van der Waals surface area contributed by atoms with Crippen LogP contribution in [0.3, 0.4) is 0 Å². The fourth-order valence-electron chi connectivity index (χ4n) is 3.92. The van der Waals surface area contributed by atoms with Gasteiger partial charge in [0.1, 0.15) is 11.8 Å². The average Bonchev–Trinajstić information content (AvgIpc) is 2.82. The quantitative estimate of drug-likeness (QED) is 0.409. The second kappa shape index (κ2) is 14.3. The third-order valence-electron chi connectivity index (χ3n) is 5.75. The van der Waals surface area contributed by atoms with Gasteiger partial charge < -0.3 is 25.2 Å². The normalized spacial score (nSPS) is 14.5. The fourth-order valence-corrected chi connectivity index (χ4v) is 3.92. The van der Waals surface area contributed by atoms with Gasteiger partial charge in [-0.25, -0.2) is 9.78 Å². The molecule has 0 bridgehead atoms. The molecule has 35 heavy (non-hydrogen) atoms. The molecule has 1 fully saturated rings. The van der Waals surface area contributed by atoms with Gasteiger partial charge in [-0.05, 0) is 56.4 Å². The number of urea groups is 1. The summed E-state index contributed by atoms with van der Waals surface area (Å²) >= 11 is 0. The molecule has 1 heterocycles. The second-order valence-corrected chi connectivity index (χ2v) is 9.18. The molecule has 8 heteroatoms. The predicted molar refractivity (Wildman–Crippen MR) is 138 cm³/mol. The molecular weight excluding hydrogens is 446 g/mol. The lowest BCUT2D eigenvalue weighted by Crippen LogP contribution is -2.23. The summed E-state index contributed by atoms with van der Waals surface area (Å²) in [5.41, 5.74) is 3.18. The summed E-state index contributed by atoms with van der Waals surface area (Å²) in [5.74, 6) is 0.0524. The Morgan fingerprint density at radius 2 is 1.69 bits per heavy atom. The number of para-hydroxylation sites is 1. The van der Waals surface area contributed by atoms with Crippen LogP contribution in [0, 0.1) is 12.8 Å². The first kappa shape index (κ1) is 28.1. The van der Waals surface area contributed by atoms with Crippen molar-refractivity contribution in [3.8, 4) is 5.88 Å². The first-order chi connectivity index (χ1) is 16.7. The monoisotopic (exact) mass is 485 g/mol. The van der Waals surface area contributed by atoms with Crippen LogP contribution in [0.5, 0.6) is 5.88 Å². The van der Waals surface area contributed by atoms with Gasteiger partial charge in [-0.2, -0.15) is 0 Å². The summed E-state index contributed by atoms with van der Waals surface area (Å²) in [7, 11) is 1.61. The van der Waals surface area contributed by atoms with Crippen molar-refractivity contribution in [2.75, 3.05) is 24.4 Å². The van der Waals surface area contributed by atoms with Crippen molar-refractivity contribution in [3.05, 3.63) is 47.7 Å². The summed E-state index contributed by atoms with van der Waals surface area (Å²) in [5, 5.41) is 14.3. The summed E-state index contributed by atoms with van der Waals surface area (Å²) in [6.07, 6.45) is 5.06. The number of hydrogen-bond acceptors (Lipinski definition) is 5.